The summed E-state index contributed by atoms with van der Waals surface area (Å²) in [5, 5.41) is 1.82. The lowest BCUT2D eigenvalue weighted by atomic mass is 10.00. The summed E-state index contributed by atoms with van der Waals surface area (Å²) in [6.45, 7) is 8.25. The number of anilines is 2. The highest BCUT2D eigenvalue weighted by molar-refractivity contribution is 7.86. The summed E-state index contributed by atoms with van der Waals surface area (Å²) >= 11 is 0. The van der Waals surface area contributed by atoms with E-state index in [2.05, 4.69) is 18.1 Å². The highest BCUT2D eigenvalue weighted by atomic mass is 32.2. The number of nitrogens with one attached hydrogen (secondary N) is 1. The van der Waals surface area contributed by atoms with Gasteiger partial charge in [0.15, 0.2) is 6.54 Å². The molecule has 0 radical (unpaired) electrons. The van der Waals surface area contributed by atoms with Crippen molar-refractivity contribution in [2.75, 3.05) is 46.9 Å². The van der Waals surface area contributed by atoms with Crippen molar-refractivity contribution >= 4 is 65.9 Å². The molecule has 39 heavy (non-hydrogen) atoms. The second kappa shape index (κ2) is 11.3. The number of benzene rings is 2. The smallest absolute Gasteiger partial charge is 0.283 e. The van der Waals surface area contributed by atoms with Gasteiger partial charge in [0, 0.05) is 35.6 Å². The van der Waals surface area contributed by atoms with Crippen molar-refractivity contribution in [3.63, 3.8) is 0 Å². The van der Waals surface area contributed by atoms with E-state index in [0.29, 0.717) is 30.2 Å². The minimum Gasteiger partial charge on any atom is -0.356 e. The predicted molar refractivity (Wildman–Crippen MR) is 154 cm³/mol. The van der Waals surface area contributed by atoms with Gasteiger partial charge in [-0.2, -0.15) is 25.3 Å². The summed E-state index contributed by atoms with van der Waals surface area (Å²) in [5.74, 6) is -1.70. The van der Waals surface area contributed by atoms with Crippen LogP contribution in [0.25, 0.3) is 0 Å². The van der Waals surface area contributed by atoms with E-state index < -0.39 is 55.9 Å². The van der Waals surface area contributed by atoms with Crippen LogP contribution in [0.5, 0.6) is 0 Å². The molecule has 0 amide bonds. The number of fused-ring (bicyclic) bond motifs is 2. The summed E-state index contributed by atoms with van der Waals surface area (Å²) in [5.41, 5.74) is 3.35. The van der Waals surface area contributed by atoms with E-state index in [-0.39, 0.29) is 6.54 Å². The predicted octanol–water partition coefficient (Wildman–Crippen LogP) is -1.03. The Morgan fingerprint density at radius 1 is 0.718 bits per heavy atom. The molecule has 2 aromatic carbocycles. The molecule has 12 nitrogen and oxygen atoms in total. The molecule has 216 valence electrons. The average molecular weight is 621 g/mol. The maximum Gasteiger partial charge on any atom is 0.283 e. The second-order valence-electron chi connectivity index (χ2n) is 9.81. The zero-order valence-corrected chi connectivity index (χ0v) is 25.6. The topological polar surface area (TPSA) is 184 Å². The number of hydrogen-bond donors (Lipinski definition) is 4. The fourth-order valence-corrected chi connectivity index (χ4v) is 9.69. The summed E-state index contributed by atoms with van der Waals surface area (Å²) in [7, 11) is -15.4. The fourth-order valence-electron chi connectivity index (χ4n) is 4.80. The van der Waals surface area contributed by atoms with Crippen molar-refractivity contribution in [1.82, 2.24) is 0 Å². The lowest BCUT2D eigenvalue weighted by molar-refractivity contribution is -0.450. The maximum absolute atomic E-state index is 11.6. The first-order valence-corrected chi connectivity index (χ1v) is 19.9. The van der Waals surface area contributed by atoms with E-state index in [1.165, 1.54) is 9.80 Å². The molecule has 16 heteroatoms. The SMILES string of the molecule is CCN(CS(=O)(=O)O)c1ccc2c(c1)[Si](C)(C)c1cc(N(CC)CS(=O)(=O)O)ccc1C2=[NH+]CCS(=O)(=O)O. The van der Waals surface area contributed by atoms with Crippen LogP contribution in [0.1, 0.15) is 25.0 Å². The highest BCUT2D eigenvalue weighted by Crippen LogP contribution is 2.26. The lowest BCUT2D eigenvalue weighted by Gasteiger charge is -2.35. The van der Waals surface area contributed by atoms with Gasteiger partial charge in [0.2, 0.25) is 5.71 Å². The summed E-state index contributed by atoms with van der Waals surface area (Å²) < 4.78 is 97.3. The van der Waals surface area contributed by atoms with Gasteiger partial charge < -0.3 is 9.80 Å². The van der Waals surface area contributed by atoms with Gasteiger partial charge in [0.1, 0.15) is 25.6 Å². The Morgan fingerprint density at radius 2 is 1.13 bits per heavy atom. The van der Waals surface area contributed by atoms with Gasteiger partial charge in [-0.3, -0.25) is 13.7 Å². The first-order valence-electron chi connectivity index (χ1n) is 12.1. The van der Waals surface area contributed by atoms with E-state index >= 15 is 0 Å². The van der Waals surface area contributed by atoms with Gasteiger partial charge >= 0.3 is 0 Å². The van der Waals surface area contributed by atoms with Crippen molar-refractivity contribution in [2.45, 2.75) is 26.9 Å². The summed E-state index contributed by atoms with van der Waals surface area (Å²) in [6, 6.07) is 10.8. The molecule has 0 atom stereocenters. The summed E-state index contributed by atoms with van der Waals surface area (Å²) in [4.78, 5) is 6.16. The van der Waals surface area contributed by atoms with Crippen molar-refractivity contribution < 1.29 is 43.9 Å². The molecule has 0 aliphatic carbocycles. The Morgan fingerprint density at radius 3 is 1.46 bits per heavy atom. The molecule has 0 fully saturated rings. The quantitative estimate of drug-likeness (QED) is 0.178. The van der Waals surface area contributed by atoms with Crippen LogP contribution in [-0.2, 0) is 30.4 Å². The van der Waals surface area contributed by atoms with Crippen LogP contribution in [0.2, 0.25) is 13.1 Å². The average Bonchev–Trinajstić information content (AvgIpc) is 2.81. The Bertz CT molecular complexity index is 1510. The van der Waals surface area contributed by atoms with Crippen LogP contribution in [0, 0.1) is 0 Å². The minimum atomic E-state index is -4.29. The molecule has 4 N–H and O–H groups in total. The Balaban J connectivity index is 2.24. The number of nitrogens with zero attached hydrogens (tertiary/aromatic N) is 2. The Hall–Kier alpha value is -2.34. The molecule has 0 bridgehead atoms. The number of rotatable bonds is 11. The van der Waals surface area contributed by atoms with Crippen molar-refractivity contribution in [2.24, 2.45) is 0 Å². The zero-order chi connectivity index (χ0) is 29.4. The maximum atomic E-state index is 11.6. The first kappa shape index (κ1) is 31.2. The van der Waals surface area contributed by atoms with Gasteiger partial charge in [-0.15, -0.1) is 0 Å². The standard InChI is InChI=1S/C23H33N3O9S3Si/c1-5-25(15-37(30,31)32)17-7-9-19-21(13-17)39(3,4)22-14-18(26(6-2)16-38(33,34)35)8-10-20(22)23(19)24-11-12-36(27,28)29/h7-10,13-14H,5-6,11-12,15-16H2,1-4H3,(H,27,28,29)(H,30,31,32)(H,33,34,35)/p+1. The molecule has 1 aliphatic heterocycles. The minimum absolute atomic E-state index is 0.0772. The molecule has 0 spiro atoms. The molecule has 0 aromatic heterocycles. The van der Waals surface area contributed by atoms with Crippen molar-refractivity contribution in [3.8, 4) is 0 Å². The van der Waals surface area contributed by atoms with Gasteiger partial charge in [-0.1, -0.05) is 13.1 Å². The fraction of sp³-hybridized carbons (Fsp3) is 0.435. The van der Waals surface area contributed by atoms with Crippen LogP contribution in [0.4, 0.5) is 11.4 Å². The molecule has 1 heterocycles. The van der Waals surface area contributed by atoms with E-state index in [4.69, 9.17) is 0 Å². The monoisotopic (exact) mass is 620 g/mol. The lowest BCUT2D eigenvalue weighted by Crippen LogP contribution is -2.78. The Labute approximate surface area is 230 Å². The normalized spacial score (nSPS) is 14.9. The molecule has 0 unspecified atom stereocenters. The molecule has 0 saturated heterocycles. The third-order valence-corrected chi connectivity index (χ3v) is 12.2. The van der Waals surface area contributed by atoms with Gasteiger partial charge in [-0.05, 0) is 60.6 Å². The molecule has 0 saturated carbocycles. The van der Waals surface area contributed by atoms with Crippen molar-refractivity contribution in [3.05, 3.63) is 47.5 Å². The first-order chi connectivity index (χ1) is 17.9. The third-order valence-electron chi connectivity index (χ3n) is 6.69. The van der Waals surface area contributed by atoms with Crippen LogP contribution < -0.4 is 25.2 Å². The molecular formula is C23H34N3O9S3Si+. The van der Waals surface area contributed by atoms with Crippen molar-refractivity contribution in [1.29, 1.82) is 0 Å². The molecule has 1 aliphatic rings. The zero-order valence-electron chi connectivity index (χ0n) is 22.1. The summed E-state index contributed by atoms with van der Waals surface area (Å²) in [6.07, 6.45) is 0. The van der Waals surface area contributed by atoms with Gasteiger partial charge in [-0.25, -0.2) is 4.99 Å². The van der Waals surface area contributed by atoms with Gasteiger partial charge in [0.25, 0.3) is 30.4 Å². The third kappa shape index (κ3) is 7.65. The number of hydrogen-bond acceptors (Lipinski definition) is 8. The van der Waals surface area contributed by atoms with Crippen LogP contribution in [0.15, 0.2) is 36.4 Å². The van der Waals surface area contributed by atoms with E-state index in [9.17, 15) is 38.9 Å². The molecular weight excluding hydrogens is 587 g/mol. The van der Waals surface area contributed by atoms with E-state index in [1.54, 1.807) is 26.0 Å². The van der Waals surface area contributed by atoms with Crippen LogP contribution in [0.3, 0.4) is 0 Å². The molecule has 3 rings (SSSR count). The highest BCUT2D eigenvalue weighted by Gasteiger charge is 2.40. The second-order valence-corrected chi connectivity index (χ2v) is 18.6. The van der Waals surface area contributed by atoms with E-state index in [1.807, 2.05) is 24.3 Å². The van der Waals surface area contributed by atoms with E-state index in [0.717, 1.165) is 21.5 Å². The van der Waals surface area contributed by atoms with Crippen LogP contribution in [-0.4, -0.2) is 89.8 Å². The van der Waals surface area contributed by atoms with Crippen LogP contribution >= 0.6 is 0 Å². The Kier molecular flexibility index (Phi) is 9.01. The largest absolute Gasteiger partial charge is 0.356 e. The van der Waals surface area contributed by atoms with Gasteiger partial charge in [0.05, 0.1) is 0 Å². The molecule has 2 aromatic rings.